The highest BCUT2D eigenvalue weighted by Gasteiger charge is 2.04. The Morgan fingerprint density at radius 2 is 1.73 bits per heavy atom. The molecule has 0 bridgehead atoms. The molecule has 4 amide bonds. The fourth-order valence-corrected chi connectivity index (χ4v) is 1.03. The predicted molar refractivity (Wildman–Crippen MR) is 63.5 cm³/mol. The lowest BCUT2D eigenvalue weighted by atomic mass is 10.6. The van der Waals surface area contributed by atoms with Crippen LogP contribution >= 0.6 is 0 Å². The third kappa shape index (κ3) is 5.84. The Kier molecular flexibility index (Phi) is 5.61. The Labute approximate surface area is 92.8 Å². The second-order valence-corrected chi connectivity index (χ2v) is 4.73. The molecule has 0 saturated carbocycles. The van der Waals surface area contributed by atoms with Crippen LogP contribution in [0, 0.1) is 0 Å². The number of rotatable bonds is 2. The molecular formula is C8H18N4O2Si. The third-order valence-corrected chi connectivity index (χ3v) is 2.15. The van der Waals surface area contributed by atoms with E-state index in [2.05, 4.69) is 10.3 Å². The number of nitrogens with zero attached hydrogens (tertiary/aromatic N) is 3. The van der Waals surface area contributed by atoms with E-state index in [1.807, 2.05) is 0 Å². The Hall–Kier alpha value is -1.37. The maximum absolute atomic E-state index is 11.2. The molecule has 7 heteroatoms. The number of amides is 4. The van der Waals surface area contributed by atoms with Crippen LogP contribution in [0.2, 0.25) is 0 Å². The Bertz CT molecular complexity index is 276. The molecule has 0 atom stereocenters. The molecule has 0 fully saturated rings. The van der Waals surface area contributed by atoms with E-state index in [0.29, 0.717) is 22.1 Å². The molecule has 0 aromatic rings. The van der Waals surface area contributed by atoms with E-state index in [1.165, 1.54) is 9.80 Å². The summed E-state index contributed by atoms with van der Waals surface area (Å²) in [6.45, 7) is 0.336. The van der Waals surface area contributed by atoms with E-state index >= 15 is 0 Å². The van der Waals surface area contributed by atoms with Crippen molar-refractivity contribution in [2.45, 2.75) is 0 Å². The summed E-state index contributed by atoms with van der Waals surface area (Å²) in [7, 11) is 7.24. The minimum Gasteiger partial charge on any atom is -0.333 e. The van der Waals surface area contributed by atoms with Crippen LogP contribution in [-0.2, 0) is 0 Å². The minimum absolute atomic E-state index is 0.184. The first-order chi connectivity index (χ1) is 6.84. The Morgan fingerprint density at radius 3 is 2.13 bits per heavy atom. The van der Waals surface area contributed by atoms with Gasteiger partial charge in [0.15, 0.2) is 0 Å². The van der Waals surface area contributed by atoms with Gasteiger partial charge in [0.2, 0.25) is 0 Å². The molecule has 0 spiro atoms. The summed E-state index contributed by atoms with van der Waals surface area (Å²) in [5, 5.41) is 3.36. The molecule has 0 aromatic heterocycles. The van der Waals surface area contributed by atoms with Crippen molar-refractivity contribution in [2.75, 3.05) is 34.7 Å². The van der Waals surface area contributed by atoms with Crippen LogP contribution < -0.4 is 5.32 Å². The molecule has 6 nitrogen and oxygen atoms in total. The zero-order chi connectivity index (χ0) is 12.0. The fourth-order valence-electron chi connectivity index (χ4n) is 0.664. The topological polar surface area (TPSA) is 65.0 Å². The highest BCUT2D eigenvalue weighted by Crippen LogP contribution is 1.85. The molecule has 0 aromatic carbocycles. The number of carbonyl (C=O) groups is 2. The van der Waals surface area contributed by atoms with Gasteiger partial charge < -0.3 is 15.1 Å². The lowest BCUT2D eigenvalue weighted by Gasteiger charge is -2.12. The van der Waals surface area contributed by atoms with Gasteiger partial charge in [0.25, 0.3) is 0 Å². The molecule has 0 aliphatic rings. The second-order valence-electron chi connectivity index (χ2n) is 3.58. The van der Waals surface area contributed by atoms with Crippen LogP contribution in [0.5, 0.6) is 0 Å². The van der Waals surface area contributed by atoms with E-state index in [-0.39, 0.29) is 12.1 Å². The molecule has 0 unspecified atom stereocenters. The van der Waals surface area contributed by atoms with Gasteiger partial charge in [0.1, 0.15) is 0 Å². The van der Waals surface area contributed by atoms with Gasteiger partial charge in [-0.15, -0.1) is 0 Å². The van der Waals surface area contributed by atoms with Crippen LogP contribution in [0.3, 0.4) is 0 Å². The lowest BCUT2D eigenvalue weighted by molar-refractivity contribution is 0.218. The molecule has 0 radical (unpaired) electrons. The van der Waals surface area contributed by atoms with Crippen molar-refractivity contribution in [3.8, 4) is 0 Å². The second kappa shape index (κ2) is 6.17. The first kappa shape index (κ1) is 13.6. The predicted octanol–water partition coefficient (Wildman–Crippen LogP) is -1.30. The first-order valence-electron chi connectivity index (χ1n) is 4.55. The summed E-state index contributed by atoms with van der Waals surface area (Å²) in [4.78, 5) is 29.0. The number of nitrogens with one attached hydrogen (secondary N) is 1. The maximum atomic E-state index is 11.2. The normalized spacial score (nSPS) is 11.1. The van der Waals surface area contributed by atoms with Gasteiger partial charge in [-0.3, -0.25) is 0 Å². The summed E-state index contributed by atoms with van der Waals surface area (Å²) < 4.78 is 0. The Balaban J connectivity index is 4.09. The van der Waals surface area contributed by atoms with Crippen molar-refractivity contribution >= 4 is 27.6 Å². The summed E-state index contributed by atoms with van der Waals surface area (Å²) in [5.41, 5.74) is 0. The molecule has 0 aliphatic heterocycles. The van der Waals surface area contributed by atoms with E-state index in [4.69, 9.17) is 0 Å². The zero-order valence-electron chi connectivity index (χ0n) is 9.87. The average molecular weight is 230 g/mol. The zero-order valence-corrected chi connectivity index (χ0v) is 11.9. The van der Waals surface area contributed by atoms with Crippen molar-refractivity contribution in [2.24, 2.45) is 4.99 Å². The fraction of sp³-hybridized carbons (Fsp3) is 0.625. The quantitative estimate of drug-likeness (QED) is 0.473. The van der Waals surface area contributed by atoms with E-state index in [9.17, 15) is 9.59 Å². The number of urea groups is 2. The van der Waals surface area contributed by atoms with Gasteiger partial charge in [0.05, 0.1) is 16.8 Å². The van der Waals surface area contributed by atoms with Crippen molar-refractivity contribution < 1.29 is 9.59 Å². The van der Waals surface area contributed by atoms with Gasteiger partial charge in [-0.1, -0.05) is 0 Å². The molecular weight excluding hydrogens is 212 g/mol. The van der Waals surface area contributed by atoms with Crippen LogP contribution in [0.4, 0.5) is 9.59 Å². The summed E-state index contributed by atoms with van der Waals surface area (Å²) in [5.74, 6) is 0. The van der Waals surface area contributed by atoms with Crippen molar-refractivity contribution in [3.63, 3.8) is 0 Å². The molecule has 0 heterocycles. The lowest BCUT2D eigenvalue weighted by Crippen LogP contribution is -2.38. The number of hydrogen-bond donors (Lipinski definition) is 1. The van der Waals surface area contributed by atoms with Crippen molar-refractivity contribution in [1.29, 1.82) is 0 Å². The van der Waals surface area contributed by atoms with Crippen LogP contribution in [0.15, 0.2) is 4.99 Å². The highest BCUT2D eigenvalue weighted by atomic mass is 28.1. The van der Waals surface area contributed by atoms with Crippen molar-refractivity contribution in [3.05, 3.63) is 0 Å². The molecule has 1 N–H and O–H groups in total. The summed E-state index contributed by atoms with van der Waals surface area (Å²) >= 11 is 0. The standard InChI is InChI=1S/C8H18N4O2Si/c1-11(2)7(13)9-5-6(15)10-8(14)12(3)4/h5H2,1-4,15H3,(H,9,13). The number of carbonyl (C=O) groups excluding carboxylic acids is 2. The number of aliphatic imine (C=N–C) groups is 1. The molecule has 15 heavy (non-hydrogen) atoms. The largest absolute Gasteiger partial charge is 0.342 e. The van der Waals surface area contributed by atoms with Gasteiger partial charge in [0, 0.05) is 33.5 Å². The van der Waals surface area contributed by atoms with Crippen LogP contribution in [0.25, 0.3) is 0 Å². The van der Waals surface area contributed by atoms with Crippen LogP contribution in [0.1, 0.15) is 0 Å². The Morgan fingerprint density at radius 1 is 1.20 bits per heavy atom. The average Bonchev–Trinajstić information content (AvgIpc) is 2.13. The molecule has 0 saturated heterocycles. The third-order valence-electron chi connectivity index (χ3n) is 1.57. The van der Waals surface area contributed by atoms with Gasteiger partial charge in [-0.05, 0) is 0 Å². The molecule has 0 aliphatic carbocycles. The van der Waals surface area contributed by atoms with Crippen molar-refractivity contribution in [1.82, 2.24) is 15.1 Å². The smallest absolute Gasteiger partial charge is 0.333 e. The SMILES string of the molecule is CN(C)C(=O)N=C([SiH3])CNC(=O)N(C)C. The van der Waals surface area contributed by atoms with E-state index in [0.717, 1.165) is 0 Å². The summed E-state index contributed by atoms with van der Waals surface area (Å²) in [6, 6.07) is -0.477. The van der Waals surface area contributed by atoms with E-state index in [1.54, 1.807) is 28.2 Å². The van der Waals surface area contributed by atoms with Crippen LogP contribution in [-0.4, -0.2) is 72.2 Å². The van der Waals surface area contributed by atoms with Gasteiger partial charge >= 0.3 is 12.1 Å². The highest BCUT2D eigenvalue weighted by molar-refractivity contribution is 6.61. The first-order valence-corrected chi connectivity index (χ1v) is 5.55. The molecule has 0 rings (SSSR count). The van der Waals surface area contributed by atoms with E-state index < -0.39 is 0 Å². The van der Waals surface area contributed by atoms with Gasteiger partial charge in [-0.2, -0.15) is 0 Å². The van der Waals surface area contributed by atoms with Gasteiger partial charge in [-0.25, -0.2) is 14.6 Å². The number of hydrogen-bond acceptors (Lipinski definition) is 2. The maximum Gasteiger partial charge on any atom is 0.342 e. The summed E-state index contributed by atoms with van der Waals surface area (Å²) in [6.07, 6.45) is 0. The monoisotopic (exact) mass is 230 g/mol. The molecule has 86 valence electrons. The minimum atomic E-state index is -0.292.